The third-order valence-corrected chi connectivity index (χ3v) is 4.63. The van der Waals surface area contributed by atoms with E-state index in [1.807, 2.05) is 17.8 Å². The van der Waals surface area contributed by atoms with Crippen LogP contribution in [0.15, 0.2) is 12.1 Å². The third-order valence-electron chi connectivity index (χ3n) is 2.79. The van der Waals surface area contributed by atoms with E-state index in [0.29, 0.717) is 15.1 Å². The monoisotopic (exact) mass is 290 g/mol. The van der Waals surface area contributed by atoms with Gasteiger partial charge >= 0.3 is 0 Å². The largest absolute Gasteiger partial charge is 0.297 e. The van der Waals surface area contributed by atoms with Gasteiger partial charge < -0.3 is 0 Å². The first kappa shape index (κ1) is 13.5. The van der Waals surface area contributed by atoms with Crippen LogP contribution in [-0.4, -0.2) is 33.5 Å². The molecule has 1 fully saturated rings. The molecule has 0 saturated carbocycles. The lowest BCUT2D eigenvalue weighted by molar-refractivity contribution is 0.252. The van der Waals surface area contributed by atoms with Crippen molar-refractivity contribution in [2.45, 2.75) is 25.1 Å². The number of nitrogens with zero attached hydrogens (tertiary/aromatic N) is 2. The second-order valence-electron chi connectivity index (χ2n) is 4.90. The molecule has 0 bridgehead atoms. The molecule has 94 valence electrons. The van der Waals surface area contributed by atoms with Gasteiger partial charge in [-0.1, -0.05) is 29.3 Å². The van der Waals surface area contributed by atoms with Crippen molar-refractivity contribution in [3.8, 4) is 0 Å². The summed E-state index contributed by atoms with van der Waals surface area (Å²) in [5.74, 6) is 1.17. The Labute approximate surface area is 117 Å². The molecule has 0 N–H and O–H groups in total. The van der Waals surface area contributed by atoms with Gasteiger partial charge in [0.1, 0.15) is 10.3 Å². The van der Waals surface area contributed by atoms with Crippen molar-refractivity contribution in [2.24, 2.45) is 0 Å². The topological polar surface area (TPSA) is 16.1 Å². The van der Waals surface area contributed by atoms with Gasteiger partial charge in [0.2, 0.25) is 0 Å². The molecule has 0 spiro atoms. The lowest BCUT2D eigenvalue weighted by Gasteiger charge is -2.37. The van der Waals surface area contributed by atoms with Crippen molar-refractivity contribution in [3.63, 3.8) is 0 Å². The molecule has 0 amide bonds. The molecule has 5 heteroatoms. The summed E-state index contributed by atoms with van der Waals surface area (Å²) in [6.45, 7) is 7.60. The van der Waals surface area contributed by atoms with Gasteiger partial charge in [0.15, 0.2) is 0 Å². The number of hydrogen-bond acceptors (Lipinski definition) is 3. The molecule has 0 aromatic carbocycles. The molecule has 1 aliphatic rings. The molecular weight excluding hydrogens is 275 g/mol. The maximum absolute atomic E-state index is 6.09. The van der Waals surface area contributed by atoms with Gasteiger partial charge in [0.25, 0.3) is 0 Å². The van der Waals surface area contributed by atoms with Crippen LogP contribution in [0.3, 0.4) is 0 Å². The van der Waals surface area contributed by atoms with Crippen LogP contribution in [0.5, 0.6) is 0 Å². The van der Waals surface area contributed by atoms with Crippen molar-refractivity contribution < 1.29 is 0 Å². The molecule has 0 radical (unpaired) electrons. The Balaban J connectivity index is 2.05. The molecular formula is C12H16Cl2N2S. The summed E-state index contributed by atoms with van der Waals surface area (Å²) < 4.78 is 0.324. The van der Waals surface area contributed by atoms with E-state index in [1.54, 1.807) is 6.07 Å². The highest BCUT2D eigenvalue weighted by atomic mass is 35.5. The standard InChI is InChI=1S/C12H16Cl2N2S/c1-12(2)8-16(5-6-17-12)7-9-3-4-10(13)15-11(9)14/h3-4H,5-8H2,1-2H3. The Hall–Kier alpha value is 0.0400. The highest BCUT2D eigenvalue weighted by Crippen LogP contribution is 2.30. The first-order chi connectivity index (χ1) is 7.96. The van der Waals surface area contributed by atoms with E-state index in [1.165, 1.54) is 5.75 Å². The second kappa shape index (κ2) is 5.35. The van der Waals surface area contributed by atoms with E-state index in [0.717, 1.165) is 25.2 Å². The first-order valence-corrected chi connectivity index (χ1v) is 7.38. The lowest BCUT2D eigenvalue weighted by atomic mass is 10.1. The SMILES string of the molecule is CC1(C)CN(Cc2ccc(Cl)nc2Cl)CCS1. The lowest BCUT2D eigenvalue weighted by Crippen LogP contribution is -2.42. The molecule has 2 rings (SSSR count). The van der Waals surface area contributed by atoms with Crippen molar-refractivity contribution in [1.29, 1.82) is 0 Å². The van der Waals surface area contributed by atoms with Crippen LogP contribution < -0.4 is 0 Å². The number of rotatable bonds is 2. The number of halogens is 2. The number of aromatic nitrogens is 1. The van der Waals surface area contributed by atoms with Gasteiger partial charge in [-0.05, 0) is 19.9 Å². The zero-order valence-corrected chi connectivity index (χ0v) is 12.4. The predicted molar refractivity (Wildman–Crippen MR) is 76.1 cm³/mol. The minimum absolute atomic E-state index is 0.324. The smallest absolute Gasteiger partial charge is 0.135 e. The molecule has 0 aliphatic carbocycles. The van der Waals surface area contributed by atoms with E-state index in [-0.39, 0.29) is 0 Å². The Morgan fingerprint density at radius 2 is 2.18 bits per heavy atom. The van der Waals surface area contributed by atoms with E-state index in [9.17, 15) is 0 Å². The summed E-state index contributed by atoms with van der Waals surface area (Å²) in [4.78, 5) is 6.50. The van der Waals surface area contributed by atoms with Crippen molar-refractivity contribution in [2.75, 3.05) is 18.8 Å². The molecule has 0 atom stereocenters. The highest BCUT2D eigenvalue weighted by Gasteiger charge is 2.27. The average molecular weight is 291 g/mol. The summed E-state index contributed by atoms with van der Waals surface area (Å²) in [5, 5.41) is 0.974. The van der Waals surface area contributed by atoms with Crippen LogP contribution in [0.2, 0.25) is 10.3 Å². The fourth-order valence-electron chi connectivity index (χ4n) is 2.05. The summed E-state index contributed by atoms with van der Waals surface area (Å²) in [7, 11) is 0. The normalized spacial score (nSPS) is 20.5. The van der Waals surface area contributed by atoms with Gasteiger partial charge in [-0.2, -0.15) is 11.8 Å². The molecule has 2 nitrogen and oxygen atoms in total. The van der Waals surface area contributed by atoms with Gasteiger partial charge in [-0.15, -0.1) is 0 Å². The van der Waals surface area contributed by atoms with E-state index < -0.39 is 0 Å². The third kappa shape index (κ3) is 3.75. The van der Waals surface area contributed by atoms with E-state index >= 15 is 0 Å². The summed E-state index contributed by atoms with van der Waals surface area (Å²) >= 11 is 13.9. The van der Waals surface area contributed by atoms with E-state index in [4.69, 9.17) is 23.2 Å². The molecule has 2 heterocycles. The van der Waals surface area contributed by atoms with Crippen LogP contribution in [0.4, 0.5) is 0 Å². The Morgan fingerprint density at radius 3 is 2.82 bits per heavy atom. The fourth-order valence-corrected chi connectivity index (χ4v) is 3.63. The minimum Gasteiger partial charge on any atom is -0.297 e. The van der Waals surface area contributed by atoms with Crippen LogP contribution in [-0.2, 0) is 6.54 Å². The molecule has 1 aromatic heterocycles. The molecule has 1 aliphatic heterocycles. The zero-order valence-electron chi connectivity index (χ0n) is 10.0. The summed E-state index contributed by atoms with van der Waals surface area (Å²) in [5.41, 5.74) is 1.05. The minimum atomic E-state index is 0.324. The summed E-state index contributed by atoms with van der Waals surface area (Å²) in [6, 6.07) is 3.76. The van der Waals surface area contributed by atoms with Crippen molar-refractivity contribution in [3.05, 3.63) is 28.0 Å². The van der Waals surface area contributed by atoms with Crippen LogP contribution in [0.1, 0.15) is 19.4 Å². The zero-order chi connectivity index (χ0) is 12.5. The van der Waals surface area contributed by atoms with Gasteiger partial charge in [0.05, 0.1) is 0 Å². The average Bonchev–Trinajstić information content (AvgIpc) is 2.21. The second-order valence-corrected chi connectivity index (χ2v) is 7.45. The van der Waals surface area contributed by atoms with Gasteiger partial charge in [-0.25, -0.2) is 4.98 Å². The maximum atomic E-state index is 6.09. The molecule has 17 heavy (non-hydrogen) atoms. The molecule has 0 unspecified atom stereocenters. The van der Waals surface area contributed by atoms with Gasteiger partial charge in [-0.3, -0.25) is 4.90 Å². The van der Waals surface area contributed by atoms with Gasteiger partial charge in [0, 0.05) is 35.7 Å². The maximum Gasteiger partial charge on any atom is 0.135 e. The fraction of sp³-hybridized carbons (Fsp3) is 0.583. The van der Waals surface area contributed by atoms with Crippen molar-refractivity contribution in [1.82, 2.24) is 9.88 Å². The molecule has 1 aromatic rings. The Bertz CT molecular complexity index is 409. The number of pyridine rings is 1. The van der Waals surface area contributed by atoms with Crippen molar-refractivity contribution >= 4 is 35.0 Å². The van der Waals surface area contributed by atoms with Crippen LogP contribution in [0, 0.1) is 0 Å². The quantitative estimate of drug-likeness (QED) is 0.773. The molecule has 1 saturated heterocycles. The van der Waals surface area contributed by atoms with E-state index in [2.05, 4.69) is 23.7 Å². The Kier molecular flexibility index (Phi) is 4.24. The highest BCUT2D eigenvalue weighted by molar-refractivity contribution is 8.00. The predicted octanol–water partition coefficient (Wildman–Crippen LogP) is 3.72. The Morgan fingerprint density at radius 1 is 1.41 bits per heavy atom. The number of thioether (sulfide) groups is 1. The van der Waals surface area contributed by atoms with Crippen LogP contribution in [0.25, 0.3) is 0 Å². The number of hydrogen-bond donors (Lipinski definition) is 0. The first-order valence-electron chi connectivity index (χ1n) is 5.63. The summed E-state index contributed by atoms with van der Waals surface area (Å²) in [6.07, 6.45) is 0. The van der Waals surface area contributed by atoms with Crippen LogP contribution >= 0.6 is 35.0 Å².